The lowest BCUT2D eigenvalue weighted by atomic mass is 9.97. The quantitative estimate of drug-likeness (QED) is 0.582. The summed E-state index contributed by atoms with van der Waals surface area (Å²) in [6.07, 6.45) is 2.27. The van der Waals surface area contributed by atoms with Crippen LogP contribution in [0.4, 0.5) is 0 Å². The van der Waals surface area contributed by atoms with Gasteiger partial charge in [-0.15, -0.1) is 0 Å². The summed E-state index contributed by atoms with van der Waals surface area (Å²) in [5.74, 6) is -0.114. The van der Waals surface area contributed by atoms with Crippen LogP contribution in [-0.2, 0) is 9.59 Å². The lowest BCUT2D eigenvalue weighted by Crippen LogP contribution is -2.46. The van der Waals surface area contributed by atoms with E-state index in [4.69, 9.17) is 5.11 Å². The molecular weight excluding hydrogens is 196 g/mol. The fourth-order valence-corrected chi connectivity index (χ4v) is 2.36. The number of amides is 2. The fraction of sp³-hybridized carbons (Fsp3) is 0.800. The van der Waals surface area contributed by atoms with Gasteiger partial charge in [0.1, 0.15) is 0 Å². The monoisotopic (exact) mass is 212 g/mol. The Morgan fingerprint density at radius 1 is 1.47 bits per heavy atom. The minimum atomic E-state index is -0.299. The van der Waals surface area contributed by atoms with Gasteiger partial charge in [-0.3, -0.25) is 19.8 Å². The van der Waals surface area contributed by atoms with Crippen LogP contribution in [0.5, 0.6) is 0 Å². The van der Waals surface area contributed by atoms with Crippen LogP contribution in [0.1, 0.15) is 19.3 Å². The van der Waals surface area contributed by atoms with Crippen LogP contribution in [0.3, 0.4) is 0 Å². The SMILES string of the molecule is O=C1CC(N2CCCC(CO)C2)C(=O)N1. The molecular formula is C10H16N2O3. The van der Waals surface area contributed by atoms with Crippen molar-refractivity contribution in [3.8, 4) is 0 Å². The molecule has 0 aromatic heterocycles. The molecule has 2 fully saturated rings. The zero-order valence-corrected chi connectivity index (χ0v) is 8.61. The Hall–Kier alpha value is -0.940. The molecule has 2 N–H and O–H groups in total. The summed E-state index contributed by atoms with van der Waals surface area (Å²) in [6.45, 7) is 1.74. The Morgan fingerprint density at radius 3 is 2.87 bits per heavy atom. The molecule has 0 saturated carbocycles. The van der Waals surface area contributed by atoms with E-state index < -0.39 is 0 Å². The van der Waals surface area contributed by atoms with Gasteiger partial charge in [-0.2, -0.15) is 0 Å². The van der Waals surface area contributed by atoms with Crippen molar-refractivity contribution < 1.29 is 14.7 Å². The van der Waals surface area contributed by atoms with Crippen LogP contribution in [-0.4, -0.2) is 47.6 Å². The number of nitrogens with zero attached hydrogens (tertiary/aromatic N) is 1. The van der Waals surface area contributed by atoms with Crippen molar-refractivity contribution in [1.29, 1.82) is 0 Å². The summed E-state index contributed by atoms with van der Waals surface area (Å²) < 4.78 is 0. The summed E-state index contributed by atoms with van der Waals surface area (Å²) in [5.41, 5.74) is 0. The Morgan fingerprint density at radius 2 is 2.27 bits per heavy atom. The van der Waals surface area contributed by atoms with E-state index in [-0.39, 0.29) is 36.8 Å². The molecule has 0 aromatic rings. The zero-order valence-electron chi connectivity index (χ0n) is 8.61. The van der Waals surface area contributed by atoms with E-state index in [2.05, 4.69) is 5.32 Å². The molecule has 5 heteroatoms. The van der Waals surface area contributed by atoms with Gasteiger partial charge in [0.05, 0.1) is 12.5 Å². The fourth-order valence-electron chi connectivity index (χ4n) is 2.36. The molecule has 84 valence electrons. The first-order valence-electron chi connectivity index (χ1n) is 5.39. The lowest BCUT2D eigenvalue weighted by molar-refractivity contribution is -0.126. The maximum absolute atomic E-state index is 11.4. The molecule has 5 nitrogen and oxygen atoms in total. The Balaban J connectivity index is 1.98. The number of carbonyl (C=O) groups is 2. The molecule has 0 radical (unpaired) electrons. The second-order valence-electron chi connectivity index (χ2n) is 4.32. The molecule has 0 aliphatic carbocycles. The van der Waals surface area contributed by atoms with Crippen LogP contribution in [0, 0.1) is 5.92 Å². The molecule has 2 heterocycles. The summed E-state index contributed by atoms with van der Waals surface area (Å²) >= 11 is 0. The second-order valence-corrected chi connectivity index (χ2v) is 4.32. The number of imide groups is 1. The smallest absolute Gasteiger partial charge is 0.244 e. The van der Waals surface area contributed by atoms with Gasteiger partial charge in [0.2, 0.25) is 11.8 Å². The third-order valence-electron chi connectivity index (χ3n) is 3.19. The normalized spacial score (nSPS) is 33.1. The van der Waals surface area contributed by atoms with Crippen molar-refractivity contribution in [2.24, 2.45) is 5.92 Å². The van der Waals surface area contributed by atoms with Gasteiger partial charge >= 0.3 is 0 Å². The van der Waals surface area contributed by atoms with E-state index in [0.717, 1.165) is 25.9 Å². The molecule has 2 unspecified atom stereocenters. The van der Waals surface area contributed by atoms with E-state index >= 15 is 0 Å². The average Bonchev–Trinajstić information content (AvgIpc) is 2.58. The highest BCUT2D eigenvalue weighted by molar-refractivity contribution is 6.05. The van der Waals surface area contributed by atoms with Crippen molar-refractivity contribution in [1.82, 2.24) is 10.2 Å². The number of nitrogens with one attached hydrogen (secondary N) is 1. The van der Waals surface area contributed by atoms with Gasteiger partial charge in [-0.25, -0.2) is 0 Å². The van der Waals surface area contributed by atoms with Gasteiger partial charge in [-0.1, -0.05) is 0 Å². The van der Waals surface area contributed by atoms with E-state index in [0.29, 0.717) is 0 Å². The van der Waals surface area contributed by atoms with Gasteiger partial charge in [0.25, 0.3) is 0 Å². The molecule has 2 aliphatic heterocycles. The van der Waals surface area contributed by atoms with Gasteiger partial charge in [0, 0.05) is 13.2 Å². The van der Waals surface area contributed by atoms with Crippen LogP contribution in [0.25, 0.3) is 0 Å². The van der Waals surface area contributed by atoms with Crippen molar-refractivity contribution in [3.63, 3.8) is 0 Å². The number of piperidine rings is 1. The minimum Gasteiger partial charge on any atom is -0.396 e. The van der Waals surface area contributed by atoms with Crippen molar-refractivity contribution >= 4 is 11.8 Å². The molecule has 0 spiro atoms. The van der Waals surface area contributed by atoms with Crippen molar-refractivity contribution in [2.45, 2.75) is 25.3 Å². The van der Waals surface area contributed by atoms with Crippen LogP contribution >= 0.6 is 0 Å². The third kappa shape index (κ3) is 2.18. The topological polar surface area (TPSA) is 69.6 Å². The van der Waals surface area contributed by atoms with Gasteiger partial charge < -0.3 is 5.11 Å². The minimum absolute atomic E-state index is 0.165. The first kappa shape index (κ1) is 10.6. The molecule has 2 amide bonds. The first-order valence-corrected chi connectivity index (χ1v) is 5.39. The second kappa shape index (κ2) is 4.28. The standard InChI is InChI=1S/C10H16N2O3/c13-6-7-2-1-3-12(5-7)8-4-9(14)11-10(8)15/h7-8,13H,1-6H2,(H,11,14,15). The van der Waals surface area contributed by atoms with E-state index in [9.17, 15) is 9.59 Å². The van der Waals surface area contributed by atoms with Crippen LogP contribution in [0.15, 0.2) is 0 Å². The maximum atomic E-state index is 11.4. The van der Waals surface area contributed by atoms with E-state index in [1.807, 2.05) is 4.90 Å². The Kier molecular flexibility index (Phi) is 3.02. The molecule has 0 bridgehead atoms. The number of hydrogen-bond acceptors (Lipinski definition) is 4. The summed E-state index contributed by atoms with van der Waals surface area (Å²) in [4.78, 5) is 24.5. The molecule has 2 rings (SSSR count). The molecule has 2 saturated heterocycles. The van der Waals surface area contributed by atoms with Crippen molar-refractivity contribution in [3.05, 3.63) is 0 Å². The number of aliphatic hydroxyl groups is 1. The predicted octanol–water partition coefficient (Wildman–Crippen LogP) is -0.894. The molecule has 15 heavy (non-hydrogen) atoms. The lowest BCUT2D eigenvalue weighted by Gasteiger charge is -2.34. The summed E-state index contributed by atoms with van der Waals surface area (Å²) in [5, 5.41) is 11.4. The zero-order chi connectivity index (χ0) is 10.8. The van der Waals surface area contributed by atoms with E-state index in [1.54, 1.807) is 0 Å². The average molecular weight is 212 g/mol. The highest BCUT2D eigenvalue weighted by atomic mass is 16.3. The third-order valence-corrected chi connectivity index (χ3v) is 3.19. The largest absolute Gasteiger partial charge is 0.396 e. The van der Waals surface area contributed by atoms with Crippen LogP contribution < -0.4 is 5.32 Å². The van der Waals surface area contributed by atoms with Crippen LogP contribution in [0.2, 0.25) is 0 Å². The van der Waals surface area contributed by atoms with Gasteiger partial charge in [0.15, 0.2) is 0 Å². The Bertz CT molecular complexity index is 280. The number of carbonyl (C=O) groups excluding carboxylic acids is 2. The number of rotatable bonds is 2. The van der Waals surface area contributed by atoms with Crippen molar-refractivity contribution in [2.75, 3.05) is 19.7 Å². The first-order chi connectivity index (χ1) is 7.20. The summed E-state index contributed by atoms with van der Waals surface area (Å²) in [7, 11) is 0. The number of aliphatic hydroxyl groups excluding tert-OH is 1. The highest BCUT2D eigenvalue weighted by Crippen LogP contribution is 2.21. The predicted molar refractivity (Wildman–Crippen MR) is 52.9 cm³/mol. The molecule has 2 aliphatic rings. The number of likely N-dealkylation sites (tertiary alicyclic amines) is 1. The highest BCUT2D eigenvalue weighted by Gasteiger charge is 2.37. The summed E-state index contributed by atoms with van der Waals surface area (Å²) in [6, 6.07) is -0.299. The number of hydrogen-bond donors (Lipinski definition) is 2. The molecule has 0 aromatic carbocycles. The maximum Gasteiger partial charge on any atom is 0.244 e. The van der Waals surface area contributed by atoms with E-state index in [1.165, 1.54) is 0 Å². The van der Waals surface area contributed by atoms with Gasteiger partial charge in [-0.05, 0) is 25.3 Å². The molecule has 2 atom stereocenters. The Labute approximate surface area is 88.4 Å².